The highest BCUT2D eigenvalue weighted by Crippen LogP contribution is 2.23. The van der Waals surface area contributed by atoms with Crippen molar-refractivity contribution in [3.05, 3.63) is 64.7 Å². The van der Waals surface area contributed by atoms with Crippen molar-refractivity contribution >= 4 is 17.5 Å². The molecular formula is C26H33N3O2. The van der Waals surface area contributed by atoms with Crippen LogP contribution in [0.2, 0.25) is 0 Å². The first-order chi connectivity index (χ1) is 15.1. The van der Waals surface area contributed by atoms with Gasteiger partial charge in [0.25, 0.3) is 0 Å². The lowest BCUT2D eigenvalue weighted by Gasteiger charge is -2.30. The lowest BCUT2D eigenvalue weighted by Crippen LogP contribution is -2.39. The second kappa shape index (κ2) is 10.1. The van der Waals surface area contributed by atoms with Crippen LogP contribution >= 0.6 is 0 Å². The van der Waals surface area contributed by atoms with E-state index in [-0.39, 0.29) is 17.7 Å². The van der Waals surface area contributed by atoms with Gasteiger partial charge in [0.05, 0.1) is 6.42 Å². The van der Waals surface area contributed by atoms with Gasteiger partial charge >= 0.3 is 0 Å². The number of amides is 2. The largest absolute Gasteiger partial charge is 0.369 e. The minimum absolute atomic E-state index is 0.0285. The zero-order valence-corrected chi connectivity index (χ0v) is 18.2. The number of hydrogen-bond acceptors (Lipinski definition) is 3. The molecule has 3 N–H and O–H groups in total. The molecule has 2 amide bonds. The molecule has 0 saturated carbocycles. The Morgan fingerprint density at radius 2 is 1.61 bits per heavy atom. The van der Waals surface area contributed by atoms with E-state index in [1.54, 1.807) is 0 Å². The molecule has 1 fully saturated rings. The average molecular weight is 420 g/mol. The van der Waals surface area contributed by atoms with Crippen LogP contribution in [0.3, 0.4) is 0 Å². The quantitative estimate of drug-likeness (QED) is 0.721. The van der Waals surface area contributed by atoms with Gasteiger partial charge in [-0.05, 0) is 92.4 Å². The van der Waals surface area contributed by atoms with Crippen LogP contribution in [0, 0.1) is 5.92 Å². The summed E-state index contributed by atoms with van der Waals surface area (Å²) in [6.07, 6.45) is 7.93. The molecule has 4 rings (SSSR count). The van der Waals surface area contributed by atoms with Crippen LogP contribution in [0.25, 0.3) is 0 Å². The summed E-state index contributed by atoms with van der Waals surface area (Å²) in [5.74, 6) is -0.0924. The zero-order chi connectivity index (χ0) is 21.6. The molecule has 1 aliphatic heterocycles. The summed E-state index contributed by atoms with van der Waals surface area (Å²) in [5, 5.41) is 3.03. The fourth-order valence-electron chi connectivity index (χ4n) is 4.77. The molecule has 2 aromatic rings. The van der Waals surface area contributed by atoms with Crippen LogP contribution in [0.15, 0.2) is 42.5 Å². The van der Waals surface area contributed by atoms with E-state index >= 15 is 0 Å². The van der Waals surface area contributed by atoms with Gasteiger partial charge in [-0.2, -0.15) is 0 Å². The second-order valence-electron chi connectivity index (χ2n) is 9.00. The predicted molar refractivity (Wildman–Crippen MR) is 124 cm³/mol. The van der Waals surface area contributed by atoms with Crippen LogP contribution in [0.5, 0.6) is 0 Å². The zero-order valence-electron chi connectivity index (χ0n) is 18.2. The number of carbonyl (C=O) groups is 2. The Labute approximate surface area is 185 Å². The SMILES string of the molecule is NC(=O)C1CCN(CCc2ccc(NC(=O)Cc3ccc4c(c3)CCCC4)cc2)CC1. The van der Waals surface area contributed by atoms with Gasteiger partial charge in [-0.15, -0.1) is 0 Å². The summed E-state index contributed by atoms with van der Waals surface area (Å²) >= 11 is 0. The average Bonchev–Trinajstić information content (AvgIpc) is 2.79. The summed E-state index contributed by atoms with van der Waals surface area (Å²) < 4.78 is 0. The molecular weight excluding hydrogens is 386 g/mol. The third kappa shape index (κ3) is 5.95. The van der Waals surface area contributed by atoms with E-state index in [2.05, 4.69) is 40.5 Å². The van der Waals surface area contributed by atoms with Crippen LogP contribution in [-0.4, -0.2) is 36.3 Å². The lowest BCUT2D eigenvalue weighted by atomic mass is 9.90. The minimum Gasteiger partial charge on any atom is -0.369 e. The summed E-state index contributed by atoms with van der Waals surface area (Å²) in [7, 11) is 0. The number of nitrogens with one attached hydrogen (secondary N) is 1. The van der Waals surface area contributed by atoms with Gasteiger partial charge in [0, 0.05) is 18.2 Å². The maximum absolute atomic E-state index is 12.5. The molecule has 0 unspecified atom stereocenters. The highest BCUT2D eigenvalue weighted by Gasteiger charge is 2.22. The van der Waals surface area contributed by atoms with Crippen LogP contribution in [0.4, 0.5) is 5.69 Å². The van der Waals surface area contributed by atoms with E-state index in [9.17, 15) is 9.59 Å². The number of nitrogens with zero attached hydrogens (tertiary/aromatic N) is 1. The molecule has 164 valence electrons. The van der Waals surface area contributed by atoms with Crippen molar-refractivity contribution in [3.8, 4) is 0 Å². The minimum atomic E-state index is -0.163. The molecule has 0 aromatic heterocycles. The van der Waals surface area contributed by atoms with E-state index < -0.39 is 0 Å². The van der Waals surface area contributed by atoms with Gasteiger partial charge in [-0.1, -0.05) is 30.3 Å². The smallest absolute Gasteiger partial charge is 0.228 e. The number of carbonyl (C=O) groups excluding carboxylic acids is 2. The molecule has 2 aliphatic rings. The Morgan fingerprint density at radius 1 is 0.935 bits per heavy atom. The Bertz CT molecular complexity index is 915. The maximum atomic E-state index is 12.5. The Hall–Kier alpha value is -2.66. The normalized spacial score (nSPS) is 17.2. The molecule has 31 heavy (non-hydrogen) atoms. The van der Waals surface area contributed by atoms with Crippen molar-refractivity contribution < 1.29 is 9.59 Å². The number of likely N-dealkylation sites (tertiary alicyclic amines) is 1. The summed E-state index contributed by atoms with van der Waals surface area (Å²) in [6, 6.07) is 14.7. The van der Waals surface area contributed by atoms with Crippen molar-refractivity contribution in [2.24, 2.45) is 11.7 Å². The summed E-state index contributed by atoms with van der Waals surface area (Å²) in [6.45, 7) is 2.85. The van der Waals surface area contributed by atoms with E-state index in [0.717, 1.165) is 56.6 Å². The number of benzene rings is 2. The fourth-order valence-corrected chi connectivity index (χ4v) is 4.77. The van der Waals surface area contributed by atoms with Crippen molar-refractivity contribution in [1.29, 1.82) is 0 Å². The van der Waals surface area contributed by atoms with Gasteiger partial charge in [-0.3, -0.25) is 9.59 Å². The Morgan fingerprint density at radius 3 is 2.32 bits per heavy atom. The van der Waals surface area contributed by atoms with Gasteiger partial charge < -0.3 is 16.0 Å². The highest BCUT2D eigenvalue weighted by atomic mass is 16.2. The van der Waals surface area contributed by atoms with E-state index in [0.29, 0.717) is 6.42 Å². The van der Waals surface area contributed by atoms with Crippen molar-refractivity contribution in [2.45, 2.75) is 51.4 Å². The van der Waals surface area contributed by atoms with Crippen LogP contribution in [0.1, 0.15) is 47.9 Å². The summed E-state index contributed by atoms with van der Waals surface area (Å²) in [4.78, 5) is 26.2. The van der Waals surface area contributed by atoms with Gasteiger partial charge in [0.15, 0.2) is 0 Å². The number of rotatable bonds is 7. The van der Waals surface area contributed by atoms with Crippen molar-refractivity contribution in [3.63, 3.8) is 0 Å². The molecule has 2 aromatic carbocycles. The maximum Gasteiger partial charge on any atom is 0.228 e. The van der Waals surface area contributed by atoms with E-state index in [4.69, 9.17) is 5.73 Å². The molecule has 0 spiro atoms. The van der Waals surface area contributed by atoms with Crippen LogP contribution in [-0.2, 0) is 35.3 Å². The molecule has 0 radical (unpaired) electrons. The number of piperidine rings is 1. The number of anilines is 1. The third-order valence-corrected chi connectivity index (χ3v) is 6.72. The number of aryl methyl sites for hydroxylation is 2. The van der Waals surface area contributed by atoms with Gasteiger partial charge in [0.2, 0.25) is 11.8 Å². The third-order valence-electron chi connectivity index (χ3n) is 6.72. The van der Waals surface area contributed by atoms with Crippen LogP contribution < -0.4 is 11.1 Å². The first kappa shape index (κ1) is 21.6. The Kier molecular flexibility index (Phi) is 7.03. The Balaban J connectivity index is 1.23. The second-order valence-corrected chi connectivity index (χ2v) is 9.00. The fraction of sp³-hybridized carbons (Fsp3) is 0.462. The van der Waals surface area contributed by atoms with E-state index in [1.807, 2.05) is 12.1 Å². The highest BCUT2D eigenvalue weighted by molar-refractivity contribution is 5.92. The van der Waals surface area contributed by atoms with Gasteiger partial charge in [0.1, 0.15) is 0 Å². The molecule has 1 saturated heterocycles. The topological polar surface area (TPSA) is 75.4 Å². The van der Waals surface area contributed by atoms with E-state index in [1.165, 1.54) is 36.0 Å². The number of hydrogen-bond donors (Lipinski definition) is 2. The predicted octanol–water partition coefficient (Wildman–Crippen LogP) is 3.49. The molecule has 5 heteroatoms. The van der Waals surface area contributed by atoms with Crippen molar-refractivity contribution in [2.75, 3.05) is 25.0 Å². The first-order valence-corrected chi connectivity index (χ1v) is 11.6. The lowest BCUT2D eigenvalue weighted by molar-refractivity contribution is -0.123. The molecule has 0 atom stereocenters. The number of nitrogens with two attached hydrogens (primary N) is 1. The molecule has 0 bridgehead atoms. The van der Waals surface area contributed by atoms with Crippen molar-refractivity contribution in [1.82, 2.24) is 4.90 Å². The number of fused-ring (bicyclic) bond motifs is 1. The van der Waals surface area contributed by atoms with Gasteiger partial charge in [-0.25, -0.2) is 0 Å². The number of primary amides is 1. The standard InChI is InChI=1S/C26H33N3O2/c27-26(31)22-12-15-29(16-13-22)14-11-19-6-9-24(10-7-19)28-25(30)18-20-5-8-21-3-1-2-4-23(21)17-20/h5-10,17,22H,1-4,11-16,18H2,(H2,27,31)(H,28,30). The monoisotopic (exact) mass is 419 g/mol. The molecule has 1 aliphatic carbocycles. The molecule has 1 heterocycles. The first-order valence-electron chi connectivity index (χ1n) is 11.6. The summed E-state index contributed by atoms with van der Waals surface area (Å²) in [5.41, 5.74) is 11.5. The molecule has 5 nitrogen and oxygen atoms in total.